The highest BCUT2D eigenvalue weighted by Gasteiger charge is 2.38. The highest BCUT2D eigenvalue weighted by molar-refractivity contribution is 5.89. The zero-order valence-corrected chi connectivity index (χ0v) is 18.9. The van der Waals surface area contributed by atoms with Gasteiger partial charge in [0, 0.05) is 35.9 Å². The number of likely N-dealkylation sites (tertiary alicyclic amines) is 1. The van der Waals surface area contributed by atoms with E-state index in [-0.39, 0.29) is 17.5 Å². The van der Waals surface area contributed by atoms with Crippen molar-refractivity contribution in [3.8, 4) is 0 Å². The SMILES string of the molecule is CC(C)(C)C1CC(Nc2nc(Nc3ccc4cn[nH]c4c3)nc3[nH]ccc23)CCN1C(=O)O. The van der Waals surface area contributed by atoms with Crippen molar-refractivity contribution in [1.82, 2.24) is 30.0 Å². The normalized spacial score (nSPS) is 19.2. The maximum absolute atomic E-state index is 11.8. The van der Waals surface area contributed by atoms with Gasteiger partial charge >= 0.3 is 6.09 Å². The number of fused-ring (bicyclic) bond motifs is 2. The number of nitrogens with one attached hydrogen (secondary N) is 4. The number of hydrogen-bond donors (Lipinski definition) is 5. The molecule has 2 atom stereocenters. The van der Waals surface area contributed by atoms with Crippen LogP contribution >= 0.6 is 0 Å². The Bertz CT molecular complexity index is 1300. The van der Waals surface area contributed by atoms with Crippen molar-refractivity contribution in [1.29, 1.82) is 0 Å². The number of piperidine rings is 1. The van der Waals surface area contributed by atoms with Crippen molar-refractivity contribution >= 4 is 45.5 Å². The lowest BCUT2D eigenvalue weighted by molar-refractivity contribution is 0.0557. The van der Waals surface area contributed by atoms with Gasteiger partial charge < -0.3 is 25.6 Å². The molecule has 2 unspecified atom stereocenters. The van der Waals surface area contributed by atoms with E-state index in [1.165, 1.54) is 0 Å². The van der Waals surface area contributed by atoms with Crippen molar-refractivity contribution in [2.75, 3.05) is 17.2 Å². The molecule has 5 N–H and O–H groups in total. The van der Waals surface area contributed by atoms with Gasteiger partial charge in [0.25, 0.3) is 0 Å². The third kappa shape index (κ3) is 4.15. The number of aromatic amines is 2. The van der Waals surface area contributed by atoms with Gasteiger partial charge in [-0.15, -0.1) is 0 Å². The molecular weight excluding hydrogens is 420 g/mol. The molecular formula is C23H28N8O2. The lowest BCUT2D eigenvalue weighted by Gasteiger charge is -2.44. The number of nitrogens with zero attached hydrogens (tertiary/aromatic N) is 4. The smallest absolute Gasteiger partial charge is 0.407 e. The first kappa shape index (κ1) is 21.0. The highest BCUT2D eigenvalue weighted by Crippen LogP contribution is 2.34. The fourth-order valence-corrected chi connectivity index (χ4v) is 4.59. The van der Waals surface area contributed by atoms with E-state index in [0.29, 0.717) is 25.3 Å². The van der Waals surface area contributed by atoms with Gasteiger partial charge in [-0.25, -0.2) is 4.79 Å². The number of H-pyrrole nitrogens is 2. The van der Waals surface area contributed by atoms with E-state index < -0.39 is 6.09 Å². The van der Waals surface area contributed by atoms with Crippen LogP contribution in [0.3, 0.4) is 0 Å². The van der Waals surface area contributed by atoms with Gasteiger partial charge in [-0.05, 0) is 42.5 Å². The predicted octanol–water partition coefficient (Wildman–Crippen LogP) is 4.55. The summed E-state index contributed by atoms with van der Waals surface area (Å²) in [6.45, 7) is 6.75. The quantitative estimate of drug-likeness (QED) is 0.309. The minimum absolute atomic E-state index is 0.0801. The maximum Gasteiger partial charge on any atom is 0.407 e. The van der Waals surface area contributed by atoms with Gasteiger partial charge in [0.05, 0.1) is 17.1 Å². The van der Waals surface area contributed by atoms with E-state index in [9.17, 15) is 9.90 Å². The average Bonchev–Trinajstić information content (AvgIpc) is 3.42. The summed E-state index contributed by atoms with van der Waals surface area (Å²) in [6, 6.07) is 7.88. The molecule has 4 heterocycles. The Balaban J connectivity index is 1.41. The molecule has 0 radical (unpaired) electrons. The molecule has 1 aromatic carbocycles. The van der Waals surface area contributed by atoms with Gasteiger partial charge in [-0.3, -0.25) is 5.10 Å². The molecule has 5 rings (SSSR count). The Morgan fingerprint density at radius 1 is 1.24 bits per heavy atom. The standard InChI is InChI=1S/C23H28N8O2/c1-23(2,3)18-11-15(7-9-31(18)22(32)33)26-20-16-6-8-24-19(16)28-21(29-20)27-14-5-4-13-12-25-30-17(13)10-14/h4-6,8,10,12,15,18H,7,9,11H2,1-3H3,(H,25,30)(H,32,33)(H3,24,26,27,28,29). The number of amides is 1. The molecule has 0 spiro atoms. The Hall–Kier alpha value is -3.82. The molecule has 0 aliphatic carbocycles. The molecule has 1 fully saturated rings. The fraction of sp³-hybridized carbons (Fsp3) is 0.391. The Labute approximate surface area is 190 Å². The third-order valence-corrected chi connectivity index (χ3v) is 6.30. The van der Waals surface area contributed by atoms with E-state index >= 15 is 0 Å². The zero-order chi connectivity index (χ0) is 23.2. The lowest BCUT2D eigenvalue weighted by atomic mass is 9.79. The van der Waals surface area contributed by atoms with Gasteiger partial charge in [-0.2, -0.15) is 15.1 Å². The van der Waals surface area contributed by atoms with Crippen LogP contribution < -0.4 is 10.6 Å². The van der Waals surface area contributed by atoms with E-state index in [4.69, 9.17) is 4.98 Å². The molecule has 1 amide bonds. The number of benzene rings is 1. The number of rotatable bonds is 4. The number of hydrogen-bond acceptors (Lipinski definition) is 6. The average molecular weight is 449 g/mol. The third-order valence-electron chi connectivity index (χ3n) is 6.30. The van der Waals surface area contributed by atoms with Crippen molar-refractivity contribution in [3.05, 3.63) is 36.7 Å². The first-order valence-corrected chi connectivity index (χ1v) is 11.1. The Morgan fingerprint density at radius 2 is 2.09 bits per heavy atom. The minimum atomic E-state index is -0.857. The maximum atomic E-state index is 11.8. The molecule has 1 aliphatic heterocycles. The van der Waals surface area contributed by atoms with E-state index in [1.54, 1.807) is 11.1 Å². The summed E-state index contributed by atoms with van der Waals surface area (Å²) >= 11 is 0. The number of aromatic nitrogens is 5. The lowest BCUT2D eigenvalue weighted by Crippen LogP contribution is -2.54. The van der Waals surface area contributed by atoms with E-state index in [0.717, 1.165) is 33.4 Å². The number of anilines is 3. The second-order valence-corrected chi connectivity index (χ2v) is 9.66. The van der Waals surface area contributed by atoms with Crippen LogP contribution in [0.25, 0.3) is 21.9 Å². The van der Waals surface area contributed by atoms with Crippen LogP contribution in [0.5, 0.6) is 0 Å². The van der Waals surface area contributed by atoms with Gasteiger partial charge in [0.2, 0.25) is 5.95 Å². The summed E-state index contributed by atoms with van der Waals surface area (Å²) in [5, 5.41) is 25.5. The van der Waals surface area contributed by atoms with Crippen LogP contribution in [0, 0.1) is 5.41 Å². The Morgan fingerprint density at radius 3 is 2.88 bits per heavy atom. The first-order chi connectivity index (χ1) is 15.8. The van der Waals surface area contributed by atoms with Gasteiger partial charge in [0.15, 0.2) is 0 Å². The van der Waals surface area contributed by atoms with Crippen molar-refractivity contribution in [2.45, 2.75) is 45.7 Å². The number of carboxylic acid groups (broad SMARTS) is 1. The molecule has 1 saturated heterocycles. The number of carbonyl (C=O) groups is 1. The molecule has 10 nitrogen and oxygen atoms in total. The molecule has 1 aliphatic rings. The first-order valence-electron chi connectivity index (χ1n) is 11.1. The monoisotopic (exact) mass is 448 g/mol. The summed E-state index contributed by atoms with van der Waals surface area (Å²) in [5.41, 5.74) is 2.35. The molecule has 4 aromatic rings. The van der Waals surface area contributed by atoms with Crippen LogP contribution in [0.4, 0.5) is 22.2 Å². The van der Waals surface area contributed by atoms with Crippen LogP contribution in [0.2, 0.25) is 0 Å². The minimum Gasteiger partial charge on any atom is -0.465 e. The summed E-state index contributed by atoms with van der Waals surface area (Å²) < 4.78 is 0. The fourth-order valence-electron chi connectivity index (χ4n) is 4.59. The second kappa shape index (κ2) is 7.95. The van der Waals surface area contributed by atoms with Crippen molar-refractivity contribution in [3.63, 3.8) is 0 Å². The molecule has 10 heteroatoms. The summed E-state index contributed by atoms with van der Waals surface area (Å²) in [6.07, 6.45) is 4.20. The van der Waals surface area contributed by atoms with Gasteiger partial charge in [-0.1, -0.05) is 20.8 Å². The van der Waals surface area contributed by atoms with Gasteiger partial charge in [0.1, 0.15) is 11.5 Å². The summed E-state index contributed by atoms with van der Waals surface area (Å²) in [7, 11) is 0. The molecule has 172 valence electrons. The zero-order valence-electron chi connectivity index (χ0n) is 18.9. The molecule has 0 saturated carbocycles. The molecule has 0 bridgehead atoms. The van der Waals surface area contributed by atoms with E-state index in [2.05, 4.69) is 51.6 Å². The van der Waals surface area contributed by atoms with Crippen LogP contribution in [-0.2, 0) is 0 Å². The predicted molar refractivity (Wildman–Crippen MR) is 128 cm³/mol. The summed E-state index contributed by atoms with van der Waals surface area (Å²) in [5.74, 6) is 1.20. The molecule has 3 aromatic heterocycles. The molecule has 33 heavy (non-hydrogen) atoms. The largest absolute Gasteiger partial charge is 0.465 e. The van der Waals surface area contributed by atoms with Crippen molar-refractivity contribution < 1.29 is 9.90 Å². The highest BCUT2D eigenvalue weighted by atomic mass is 16.4. The second-order valence-electron chi connectivity index (χ2n) is 9.66. The van der Waals surface area contributed by atoms with Crippen LogP contribution in [0.15, 0.2) is 36.7 Å². The summed E-state index contributed by atoms with van der Waals surface area (Å²) in [4.78, 5) is 25.9. The Kier molecular flexibility index (Phi) is 5.07. The van der Waals surface area contributed by atoms with Crippen molar-refractivity contribution in [2.24, 2.45) is 5.41 Å². The van der Waals surface area contributed by atoms with Crippen LogP contribution in [0.1, 0.15) is 33.6 Å². The topological polar surface area (TPSA) is 135 Å². The van der Waals surface area contributed by atoms with E-state index in [1.807, 2.05) is 30.5 Å². The van der Waals surface area contributed by atoms with Crippen LogP contribution in [-0.4, -0.2) is 59.9 Å².